The van der Waals surface area contributed by atoms with Gasteiger partial charge in [-0.15, -0.1) is 0 Å². The third-order valence-electron chi connectivity index (χ3n) is 7.78. The van der Waals surface area contributed by atoms with E-state index in [0.29, 0.717) is 0 Å². The Kier molecular flexibility index (Phi) is 6.09. The molecule has 0 saturated carbocycles. The van der Waals surface area contributed by atoms with Crippen LogP contribution in [0.1, 0.15) is 35.1 Å². The molecule has 2 nitrogen and oxygen atoms in total. The van der Waals surface area contributed by atoms with Gasteiger partial charge in [0, 0.05) is 56.7 Å². The lowest BCUT2D eigenvalue weighted by atomic mass is 10.1. The lowest BCUT2D eigenvalue weighted by Gasteiger charge is -2.10. The summed E-state index contributed by atoms with van der Waals surface area (Å²) >= 11 is 0. The maximum Gasteiger partial charge on any atom is 0.0491 e. The molecule has 186 valence electrons. The SMILES string of the molecule is C=Cc1ccc2c(c1)c1cc(C=C)ccc1n2CCCCn1c2ccc(C=C)cc2c2cc(C=C)ccc21. The third kappa shape index (κ3) is 3.90. The Morgan fingerprint density at radius 1 is 0.421 bits per heavy atom. The Hall–Kier alpha value is -4.56. The maximum atomic E-state index is 3.97. The fourth-order valence-corrected chi connectivity index (χ4v) is 5.81. The Bertz CT molecular complexity index is 1620. The minimum Gasteiger partial charge on any atom is -0.340 e. The molecule has 0 aliphatic carbocycles. The summed E-state index contributed by atoms with van der Waals surface area (Å²) in [4.78, 5) is 0. The molecule has 0 aliphatic rings. The average molecular weight is 493 g/mol. The highest BCUT2D eigenvalue weighted by Crippen LogP contribution is 2.33. The Labute approximate surface area is 224 Å². The number of fused-ring (bicyclic) bond motifs is 6. The molecular formula is C36H32N2. The normalized spacial score (nSPS) is 11.5. The van der Waals surface area contributed by atoms with Gasteiger partial charge in [0.1, 0.15) is 0 Å². The van der Waals surface area contributed by atoms with E-state index in [-0.39, 0.29) is 0 Å². The second-order valence-electron chi connectivity index (χ2n) is 9.93. The molecule has 38 heavy (non-hydrogen) atoms. The van der Waals surface area contributed by atoms with E-state index in [0.717, 1.165) is 48.2 Å². The van der Waals surface area contributed by atoms with Crippen molar-refractivity contribution in [2.45, 2.75) is 25.9 Å². The molecule has 6 rings (SSSR count). The highest BCUT2D eigenvalue weighted by atomic mass is 15.0. The van der Waals surface area contributed by atoms with Crippen molar-refractivity contribution in [2.75, 3.05) is 0 Å². The molecule has 6 aromatic rings. The van der Waals surface area contributed by atoms with E-state index in [1.165, 1.54) is 43.6 Å². The van der Waals surface area contributed by atoms with E-state index >= 15 is 0 Å². The topological polar surface area (TPSA) is 9.86 Å². The molecule has 0 unspecified atom stereocenters. The van der Waals surface area contributed by atoms with Gasteiger partial charge in [-0.25, -0.2) is 0 Å². The summed E-state index contributed by atoms with van der Waals surface area (Å²) in [5.74, 6) is 0. The van der Waals surface area contributed by atoms with Gasteiger partial charge in [-0.1, -0.05) is 74.9 Å². The first kappa shape index (κ1) is 23.8. The van der Waals surface area contributed by atoms with Crippen molar-refractivity contribution in [1.29, 1.82) is 0 Å². The quantitative estimate of drug-likeness (QED) is 0.178. The fourth-order valence-electron chi connectivity index (χ4n) is 5.81. The van der Waals surface area contributed by atoms with Crippen molar-refractivity contribution in [3.63, 3.8) is 0 Å². The predicted molar refractivity (Wildman–Crippen MR) is 168 cm³/mol. The minimum atomic E-state index is 0.971. The summed E-state index contributed by atoms with van der Waals surface area (Å²) in [6.45, 7) is 17.8. The number of aryl methyl sites for hydroxylation is 2. The predicted octanol–water partition coefficient (Wildman–Crippen LogP) is 9.95. The standard InChI is InChI=1S/C36H32N2/c1-5-25-11-15-33-29(21-25)30-22-26(6-2)12-16-34(30)37(33)19-9-10-20-38-35-17-13-27(7-3)23-31(35)32-24-28(8-4)14-18-36(32)38/h5-8,11-18,21-24H,1-4,9-10,19-20H2. The van der Waals surface area contributed by atoms with Crippen LogP contribution >= 0.6 is 0 Å². The van der Waals surface area contributed by atoms with Gasteiger partial charge >= 0.3 is 0 Å². The zero-order chi connectivity index (χ0) is 26.2. The lowest BCUT2D eigenvalue weighted by molar-refractivity contribution is 0.583. The average Bonchev–Trinajstić information content (AvgIpc) is 3.45. The summed E-state index contributed by atoms with van der Waals surface area (Å²) in [5.41, 5.74) is 9.68. The van der Waals surface area contributed by atoms with Crippen molar-refractivity contribution in [2.24, 2.45) is 0 Å². The first-order valence-electron chi connectivity index (χ1n) is 13.3. The molecule has 2 aromatic heterocycles. The fraction of sp³-hybridized carbons (Fsp3) is 0.111. The highest BCUT2D eigenvalue weighted by Gasteiger charge is 2.13. The Balaban J connectivity index is 1.33. The van der Waals surface area contributed by atoms with Crippen molar-refractivity contribution < 1.29 is 0 Å². The second kappa shape index (κ2) is 9.72. The molecular weight excluding hydrogens is 460 g/mol. The van der Waals surface area contributed by atoms with Gasteiger partial charge in [0.15, 0.2) is 0 Å². The van der Waals surface area contributed by atoms with Gasteiger partial charge in [0.2, 0.25) is 0 Å². The molecule has 0 fully saturated rings. The summed E-state index contributed by atoms with van der Waals surface area (Å²) in [6, 6.07) is 26.6. The van der Waals surface area contributed by atoms with E-state index in [4.69, 9.17) is 0 Å². The molecule has 0 bridgehead atoms. The van der Waals surface area contributed by atoms with Crippen LogP contribution in [0.2, 0.25) is 0 Å². The molecule has 0 radical (unpaired) electrons. The van der Waals surface area contributed by atoms with Crippen LogP contribution in [0.15, 0.2) is 99.1 Å². The number of rotatable bonds is 9. The third-order valence-corrected chi connectivity index (χ3v) is 7.78. The second-order valence-corrected chi connectivity index (χ2v) is 9.93. The Morgan fingerprint density at radius 3 is 0.921 bits per heavy atom. The van der Waals surface area contributed by atoms with Gasteiger partial charge < -0.3 is 9.13 Å². The van der Waals surface area contributed by atoms with Crippen molar-refractivity contribution in [1.82, 2.24) is 9.13 Å². The zero-order valence-electron chi connectivity index (χ0n) is 21.8. The summed E-state index contributed by atoms with van der Waals surface area (Å²) in [7, 11) is 0. The molecule has 0 spiro atoms. The first-order valence-corrected chi connectivity index (χ1v) is 13.3. The van der Waals surface area contributed by atoms with Gasteiger partial charge in [0.25, 0.3) is 0 Å². The van der Waals surface area contributed by atoms with Crippen molar-refractivity contribution in [3.05, 3.63) is 121 Å². The van der Waals surface area contributed by atoms with Gasteiger partial charge in [-0.2, -0.15) is 0 Å². The highest BCUT2D eigenvalue weighted by molar-refractivity contribution is 6.10. The molecule has 2 heteroatoms. The largest absolute Gasteiger partial charge is 0.340 e. The molecule has 4 aromatic carbocycles. The van der Waals surface area contributed by atoms with E-state index in [9.17, 15) is 0 Å². The molecule has 0 saturated heterocycles. The summed E-state index contributed by atoms with van der Waals surface area (Å²) in [5, 5.41) is 5.11. The first-order chi connectivity index (χ1) is 18.6. The van der Waals surface area contributed by atoms with Crippen LogP contribution in [0.3, 0.4) is 0 Å². The molecule has 0 amide bonds. The molecule has 2 heterocycles. The molecule has 0 aliphatic heterocycles. The van der Waals surface area contributed by atoms with E-state index in [1.807, 2.05) is 24.3 Å². The summed E-state index contributed by atoms with van der Waals surface area (Å²) < 4.78 is 4.95. The van der Waals surface area contributed by atoms with Crippen molar-refractivity contribution >= 4 is 67.9 Å². The molecule has 0 N–H and O–H groups in total. The van der Waals surface area contributed by atoms with Crippen LogP contribution in [-0.2, 0) is 13.1 Å². The Morgan fingerprint density at radius 2 is 0.684 bits per heavy atom. The van der Waals surface area contributed by atoms with Crippen LogP contribution in [0, 0.1) is 0 Å². The van der Waals surface area contributed by atoms with Gasteiger partial charge in [-0.3, -0.25) is 0 Å². The van der Waals surface area contributed by atoms with Crippen LogP contribution < -0.4 is 0 Å². The number of nitrogens with zero attached hydrogens (tertiary/aromatic N) is 2. The number of aromatic nitrogens is 2. The zero-order valence-corrected chi connectivity index (χ0v) is 21.8. The maximum absolute atomic E-state index is 3.97. The van der Waals surface area contributed by atoms with Crippen molar-refractivity contribution in [3.8, 4) is 0 Å². The summed E-state index contributed by atoms with van der Waals surface area (Å²) in [6.07, 6.45) is 9.84. The van der Waals surface area contributed by atoms with Crippen LogP contribution in [-0.4, -0.2) is 9.13 Å². The monoisotopic (exact) mass is 492 g/mol. The number of hydrogen-bond acceptors (Lipinski definition) is 0. The van der Waals surface area contributed by atoms with Crippen LogP contribution in [0.5, 0.6) is 0 Å². The van der Waals surface area contributed by atoms with Crippen LogP contribution in [0.25, 0.3) is 67.9 Å². The number of benzene rings is 4. The van der Waals surface area contributed by atoms with Gasteiger partial charge in [0.05, 0.1) is 0 Å². The van der Waals surface area contributed by atoms with Gasteiger partial charge in [-0.05, 0) is 83.6 Å². The number of unbranched alkanes of at least 4 members (excludes halogenated alkanes) is 1. The minimum absolute atomic E-state index is 0.971. The molecule has 0 atom stereocenters. The van der Waals surface area contributed by atoms with Crippen LogP contribution in [0.4, 0.5) is 0 Å². The van der Waals surface area contributed by atoms with E-state index in [2.05, 4.69) is 108 Å². The van der Waals surface area contributed by atoms with E-state index < -0.39 is 0 Å². The lowest BCUT2D eigenvalue weighted by Crippen LogP contribution is -2.02. The smallest absolute Gasteiger partial charge is 0.0491 e. The van der Waals surface area contributed by atoms with E-state index in [1.54, 1.807) is 0 Å². The number of hydrogen-bond donors (Lipinski definition) is 0.